The van der Waals surface area contributed by atoms with Crippen molar-refractivity contribution >= 4 is 35.3 Å². The van der Waals surface area contributed by atoms with Crippen molar-refractivity contribution in [3.63, 3.8) is 0 Å². The highest BCUT2D eigenvalue weighted by Crippen LogP contribution is 2.65. The lowest BCUT2D eigenvalue weighted by Crippen LogP contribution is -2.62. The van der Waals surface area contributed by atoms with Crippen molar-refractivity contribution in [2.45, 2.75) is 91.9 Å². The average molecular weight is 650 g/mol. The Kier molecular flexibility index (Phi) is 10.7. The van der Waals surface area contributed by atoms with Gasteiger partial charge in [-0.25, -0.2) is 4.79 Å². The van der Waals surface area contributed by atoms with E-state index in [-0.39, 0.29) is 41.4 Å². The summed E-state index contributed by atoms with van der Waals surface area (Å²) in [7, 11) is 0. The molecule has 4 N–H and O–H groups in total. The Morgan fingerprint density at radius 2 is 1.64 bits per heavy atom. The number of nitrogens with one attached hydrogen (secondary N) is 4. The van der Waals surface area contributed by atoms with Crippen LogP contribution in [0.4, 0.5) is 4.79 Å². The van der Waals surface area contributed by atoms with E-state index in [1.165, 1.54) is 11.0 Å². The second kappa shape index (κ2) is 14.0. The van der Waals surface area contributed by atoms with Gasteiger partial charge in [-0.05, 0) is 40.9 Å². The molecule has 256 valence electrons. The van der Waals surface area contributed by atoms with Gasteiger partial charge in [-0.15, -0.1) is 6.58 Å². The van der Waals surface area contributed by atoms with Crippen molar-refractivity contribution in [1.82, 2.24) is 26.2 Å². The molecule has 1 heterocycles. The van der Waals surface area contributed by atoms with E-state index in [2.05, 4.69) is 41.7 Å². The number of likely N-dealkylation sites (tertiary alicyclic amines) is 1. The fourth-order valence-corrected chi connectivity index (χ4v) is 6.84. The maximum atomic E-state index is 14.3. The normalized spacial score (nSPS) is 23.1. The van der Waals surface area contributed by atoms with Crippen LogP contribution in [0.3, 0.4) is 0 Å². The highest BCUT2D eigenvalue weighted by molar-refractivity contribution is 6.38. The van der Waals surface area contributed by atoms with Gasteiger partial charge in [-0.3, -0.25) is 24.0 Å². The topological polar surface area (TPSA) is 154 Å². The zero-order valence-electron chi connectivity index (χ0n) is 28.7. The Labute approximate surface area is 278 Å². The van der Waals surface area contributed by atoms with Gasteiger partial charge in [0.25, 0.3) is 5.91 Å². The number of carbonyl (C=O) groups excluding carboxylic acids is 6. The first-order chi connectivity index (χ1) is 22.0. The minimum Gasteiger partial charge on any atom is -0.346 e. The van der Waals surface area contributed by atoms with Crippen LogP contribution in [0.15, 0.2) is 43.0 Å². The maximum Gasteiger partial charge on any atom is 0.316 e. The number of hydrogen-bond acceptors (Lipinski definition) is 6. The number of Topliss-reactive ketones (excluding diaryl/α,β-unsaturated/α-hetero) is 2. The van der Waals surface area contributed by atoms with E-state index in [1.807, 2.05) is 40.7 Å². The largest absolute Gasteiger partial charge is 0.346 e. The van der Waals surface area contributed by atoms with Gasteiger partial charge in [0, 0.05) is 18.7 Å². The summed E-state index contributed by atoms with van der Waals surface area (Å²) in [5.41, 5.74) is -0.470. The fourth-order valence-electron chi connectivity index (χ4n) is 6.84. The van der Waals surface area contributed by atoms with Gasteiger partial charge >= 0.3 is 6.03 Å². The molecule has 1 aromatic carbocycles. The number of rotatable bonds is 14. The first kappa shape index (κ1) is 35.8. The summed E-state index contributed by atoms with van der Waals surface area (Å²) in [5, 5.41) is 11.0. The molecule has 0 radical (unpaired) electrons. The van der Waals surface area contributed by atoms with E-state index in [0.29, 0.717) is 18.5 Å². The number of nitrogens with zero attached hydrogens (tertiary/aromatic N) is 1. The molecule has 3 fully saturated rings. The van der Waals surface area contributed by atoms with E-state index in [9.17, 15) is 28.8 Å². The number of fused-ring (bicyclic) bond motifs is 1. The first-order valence-electron chi connectivity index (χ1n) is 16.7. The molecule has 4 rings (SSSR count). The highest BCUT2D eigenvalue weighted by atomic mass is 16.2. The smallest absolute Gasteiger partial charge is 0.316 e. The van der Waals surface area contributed by atoms with Crippen molar-refractivity contribution in [1.29, 1.82) is 0 Å². The molecule has 1 aliphatic heterocycles. The zero-order chi connectivity index (χ0) is 34.8. The van der Waals surface area contributed by atoms with Gasteiger partial charge in [-0.1, -0.05) is 97.7 Å². The van der Waals surface area contributed by atoms with Gasteiger partial charge in [0.15, 0.2) is 5.78 Å². The molecule has 2 saturated carbocycles. The third-order valence-electron chi connectivity index (χ3n) is 9.97. The molecule has 0 aromatic heterocycles. The van der Waals surface area contributed by atoms with Crippen molar-refractivity contribution < 1.29 is 28.8 Å². The summed E-state index contributed by atoms with van der Waals surface area (Å²) in [6.45, 7) is 17.3. The first-order valence-corrected chi connectivity index (χ1v) is 16.7. The number of urea groups is 1. The third kappa shape index (κ3) is 8.11. The lowest BCUT2D eigenvalue weighted by Gasteiger charge is -2.38. The number of carbonyl (C=O) groups is 6. The predicted octanol–water partition coefficient (Wildman–Crippen LogP) is 3.25. The Hall–Kier alpha value is -4.02. The molecule has 2 aliphatic carbocycles. The summed E-state index contributed by atoms with van der Waals surface area (Å²) < 4.78 is 0. The number of hydrogen-bond donors (Lipinski definition) is 4. The summed E-state index contributed by atoms with van der Waals surface area (Å²) in [4.78, 5) is 82.2. The summed E-state index contributed by atoms with van der Waals surface area (Å²) in [6.07, 6.45) is 3.68. The summed E-state index contributed by atoms with van der Waals surface area (Å²) in [6, 6.07) is 4.34. The second-order valence-electron chi connectivity index (χ2n) is 15.4. The fraction of sp³-hybridized carbons (Fsp3) is 0.611. The number of ketones is 2. The van der Waals surface area contributed by atoms with Crippen molar-refractivity contribution in [3.05, 3.63) is 48.6 Å². The van der Waals surface area contributed by atoms with Crippen LogP contribution in [0.25, 0.3) is 0 Å². The molecule has 11 nitrogen and oxygen atoms in total. The standard InChI is InChI=1S/C36H51N5O6/c1-9-17-37-32(45)29(43)24(18-21-15-16-21)38-31(44)27-25-23(36(25,7)8)19-41(27)33(46)30(35(4,5)6)40-34(47)39-26(20(2)3)28(42)22-13-11-10-12-14-22/h9-14,20-21,23-27,30H,1,15-19H2,2-8H3,(H,37,45)(H,38,44)(H2,39,40,47)/t23-,24?,25-,26-,27-,30+/m0/s1. The van der Waals surface area contributed by atoms with Gasteiger partial charge in [0.1, 0.15) is 12.1 Å². The second-order valence-corrected chi connectivity index (χ2v) is 15.4. The Bertz CT molecular complexity index is 1400. The van der Waals surface area contributed by atoms with E-state index >= 15 is 0 Å². The molecule has 1 aromatic rings. The van der Waals surface area contributed by atoms with Crippen molar-refractivity contribution in [2.75, 3.05) is 13.1 Å². The summed E-state index contributed by atoms with van der Waals surface area (Å²) >= 11 is 0. The van der Waals surface area contributed by atoms with Crippen LogP contribution in [0, 0.1) is 34.5 Å². The van der Waals surface area contributed by atoms with Gasteiger partial charge in [-0.2, -0.15) is 0 Å². The summed E-state index contributed by atoms with van der Waals surface area (Å²) in [5.74, 6) is -2.67. The molecule has 47 heavy (non-hydrogen) atoms. The zero-order valence-corrected chi connectivity index (χ0v) is 28.7. The van der Waals surface area contributed by atoms with Crippen molar-refractivity contribution in [2.24, 2.45) is 34.5 Å². The monoisotopic (exact) mass is 649 g/mol. The number of amides is 5. The van der Waals surface area contributed by atoms with Crippen LogP contribution < -0.4 is 21.3 Å². The van der Waals surface area contributed by atoms with E-state index in [1.54, 1.807) is 24.3 Å². The molecule has 0 bridgehead atoms. The van der Waals surface area contributed by atoms with Crippen LogP contribution in [-0.2, 0) is 19.2 Å². The number of piperidine rings is 1. The van der Waals surface area contributed by atoms with E-state index in [4.69, 9.17) is 0 Å². The maximum absolute atomic E-state index is 14.3. The van der Waals surface area contributed by atoms with E-state index in [0.717, 1.165) is 12.8 Å². The SMILES string of the molecule is C=CCNC(=O)C(=O)C(CC1CC1)NC(=O)[C@@H]1[C@@H]2[C@H](CN1C(=O)[C@@H](NC(=O)N[C@H](C(=O)c1ccccc1)C(C)C)C(C)(C)C)C2(C)C. The Morgan fingerprint density at radius 3 is 2.19 bits per heavy atom. The van der Waals surface area contributed by atoms with Crippen molar-refractivity contribution in [3.8, 4) is 0 Å². The molecular formula is C36H51N5O6. The Morgan fingerprint density at radius 1 is 1.00 bits per heavy atom. The molecule has 1 saturated heterocycles. The quantitative estimate of drug-likeness (QED) is 0.138. The molecule has 0 spiro atoms. The van der Waals surface area contributed by atoms with Gasteiger partial charge in [0.05, 0.1) is 12.1 Å². The van der Waals surface area contributed by atoms with Crippen LogP contribution in [0.2, 0.25) is 0 Å². The molecule has 5 amide bonds. The lowest BCUT2D eigenvalue weighted by atomic mass is 9.85. The van der Waals surface area contributed by atoms with Gasteiger partial charge < -0.3 is 26.2 Å². The van der Waals surface area contributed by atoms with Gasteiger partial charge in [0.2, 0.25) is 17.6 Å². The average Bonchev–Trinajstić information content (AvgIpc) is 3.87. The molecular weight excluding hydrogens is 598 g/mol. The minimum absolute atomic E-state index is 0.0685. The lowest BCUT2D eigenvalue weighted by molar-refractivity contribution is -0.145. The number of benzene rings is 1. The molecule has 11 heteroatoms. The van der Waals surface area contributed by atoms with E-state index < -0.39 is 59.1 Å². The van der Waals surface area contributed by atoms with Crippen LogP contribution in [-0.4, -0.2) is 77.5 Å². The predicted molar refractivity (Wildman–Crippen MR) is 178 cm³/mol. The highest BCUT2D eigenvalue weighted by Gasteiger charge is 2.70. The Balaban J connectivity index is 1.53. The van der Waals surface area contributed by atoms with Crippen LogP contribution in [0.5, 0.6) is 0 Å². The molecule has 6 atom stereocenters. The van der Waals surface area contributed by atoms with Crippen LogP contribution >= 0.6 is 0 Å². The minimum atomic E-state index is -1.02. The van der Waals surface area contributed by atoms with Crippen LogP contribution in [0.1, 0.15) is 78.1 Å². The molecule has 1 unspecified atom stereocenters. The third-order valence-corrected chi connectivity index (χ3v) is 9.97. The molecule has 3 aliphatic rings.